The summed E-state index contributed by atoms with van der Waals surface area (Å²) in [5, 5.41) is 3.05. The summed E-state index contributed by atoms with van der Waals surface area (Å²) in [7, 11) is 5.35. The van der Waals surface area contributed by atoms with Crippen LogP contribution in [-0.2, 0) is 16.6 Å². The molecule has 2 aliphatic heterocycles. The van der Waals surface area contributed by atoms with Crippen molar-refractivity contribution in [1.29, 1.82) is 0 Å². The second kappa shape index (κ2) is 6.90. The molecule has 0 aromatic carbocycles. The molecule has 0 aliphatic carbocycles. The maximum absolute atomic E-state index is 12.2. The van der Waals surface area contributed by atoms with Gasteiger partial charge in [0.2, 0.25) is 5.91 Å². The number of carbonyl (C=O) groups excluding carboxylic acids is 2. The smallest absolute Gasteiger partial charge is 0.271 e. The fourth-order valence-corrected chi connectivity index (χ4v) is 3.34. The molecule has 2 aliphatic rings. The number of amides is 2. The molecular formula is C16H25N5O3. The highest BCUT2D eigenvalue weighted by Gasteiger charge is 2.38. The van der Waals surface area contributed by atoms with Gasteiger partial charge in [-0.3, -0.25) is 14.5 Å². The van der Waals surface area contributed by atoms with Crippen LogP contribution in [0.2, 0.25) is 0 Å². The minimum atomic E-state index is -0.138. The Kier molecular flexibility index (Phi) is 4.86. The minimum absolute atomic E-state index is 0.0682. The van der Waals surface area contributed by atoms with Gasteiger partial charge in [-0.1, -0.05) is 0 Å². The van der Waals surface area contributed by atoms with Gasteiger partial charge in [0.25, 0.3) is 5.91 Å². The highest BCUT2D eigenvalue weighted by atomic mass is 16.5. The van der Waals surface area contributed by atoms with E-state index in [4.69, 9.17) is 4.74 Å². The van der Waals surface area contributed by atoms with Gasteiger partial charge >= 0.3 is 0 Å². The largest absolute Gasteiger partial charge is 0.375 e. The van der Waals surface area contributed by atoms with Gasteiger partial charge in [0.05, 0.1) is 25.5 Å². The van der Waals surface area contributed by atoms with Crippen LogP contribution in [0, 0.1) is 0 Å². The highest BCUT2D eigenvalue weighted by Crippen LogP contribution is 2.24. The molecule has 2 fully saturated rings. The normalized spacial score (nSPS) is 26.9. The Morgan fingerprint density at radius 1 is 1.42 bits per heavy atom. The molecule has 132 valence electrons. The molecule has 24 heavy (non-hydrogen) atoms. The van der Waals surface area contributed by atoms with Gasteiger partial charge in [-0.15, -0.1) is 0 Å². The van der Waals surface area contributed by atoms with Crippen LogP contribution in [0.25, 0.3) is 0 Å². The quantitative estimate of drug-likeness (QED) is 0.800. The summed E-state index contributed by atoms with van der Waals surface area (Å²) in [6, 6.07) is 0.404. The highest BCUT2D eigenvalue weighted by molar-refractivity contribution is 5.92. The summed E-state index contributed by atoms with van der Waals surface area (Å²) < 4.78 is 7.59. The lowest BCUT2D eigenvalue weighted by Crippen LogP contribution is -2.47. The standard InChI is InChI=1S/C16H25N5O3/c1-19(2)15(22)5-13-7-21-6-11(4-12(21)9-24-13)18-16(23)14-8-20(3)10-17-14/h8,10-13H,4-7,9H2,1-3H3,(H,18,23)/t11-,12-,13-/m0/s1. The Morgan fingerprint density at radius 3 is 2.88 bits per heavy atom. The van der Waals surface area contributed by atoms with Crippen molar-refractivity contribution in [2.75, 3.05) is 33.8 Å². The zero-order valence-corrected chi connectivity index (χ0v) is 14.4. The average molecular weight is 335 g/mol. The first-order chi connectivity index (χ1) is 11.4. The van der Waals surface area contributed by atoms with Crippen molar-refractivity contribution in [2.45, 2.75) is 31.0 Å². The average Bonchev–Trinajstić information content (AvgIpc) is 3.12. The van der Waals surface area contributed by atoms with Gasteiger partial charge < -0.3 is 19.5 Å². The van der Waals surface area contributed by atoms with Crippen LogP contribution < -0.4 is 5.32 Å². The minimum Gasteiger partial charge on any atom is -0.375 e. The molecule has 0 unspecified atom stereocenters. The van der Waals surface area contributed by atoms with E-state index in [9.17, 15) is 9.59 Å². The molecule has 0 saturated carbocycles. The van der Waals surface area contributed by atoms with Crippen LogP contribution >= 0.6 is 0 Å². The number of fused-ring (bicyclic) bond motifs is 1. The van der Waals surface area contributed by atoms with Crippen molar-refractivity contribution in [3.63, 3.8) is 0 Å². The monoisotopic (exact) mass is 335 g/mol. The summed E-state index contributed by atoms with van der Waals surface area (Å²) in [6.07, 6.45) is 4.53. The molecule has 1 aromatic heterocycles. The lowest BCUT2D eigenvalue weighted by Gasteiger charge is -2.35. The third-order valence-corrected chi connectivity index (χ3v) is 4.66. The first kappa shape index (κ1) is 16.9. The molecule has 1 N–H and O–H groups in total. The van der Waals surface area contributed by atoms with Crippen molar-refractivity contribution in [2.24, 2.45) is 7.05 Å². The number of rotatable bonds is 4. The van der Waals surface area contributed by atoms with Crippen molar-refractivity contribution in [3.05, 3.63) is 18.2 Å². The third kappa shape index (κ3) is 3.76. The fraction of sp³-hybridized carbons (Fsp3) is 0.688. The van der Waals surface area contributed by atoms with E-state index in [1.54, 1.807) is 36.1 Å². The number of nitrogens with one attached hydrogen (secondary N) is 1. The lowest BCUT2D eigenvalue weighted by molar-refractivity contribution is -0.134. The summed E-state index contributed by atoms with van der Waals surface area (Å²) in [6.45, 7) is 2.14. The molecule has 0 radical (unpaired) electrons. The summed E-state index contributed by atoms with van der Waals surface area (Å²) in [4.78, 5) is 32.0. The first-order valence-corrected chi connectivity index (χ1v) is 8.27. The number of hydrogen-bond donors (Lipinski definition) is 1. The topological polar surface area (TPSA) is 79.7 Å². The van der Waals surface area contributed by atoms with Crippen LogP contribution in [0.5, 0.6) is 0 Å². The van der Waals surface area contributed by atoms with Gasteiger partial charge in [0.15, 0.2) is 0 Å². The number of ether oxygens (including phenoxy) is 1. The molecule has 8 nitrogen and oxygen atoms in total. The molecule has 3 rings (SSSR count). The van der Waals surface area contributed by atoms with Crippen molar-refractivity contribution in [1.82, 2.24) is 24.7 Å². The predicted octanol–water partition coefficient (Wildman–Crippen LogP) is -0.530. The van der Waals surface area contributed by atoms with E-state index in [1.165, 1.54) is 0 Å². The summed E-state index contributed by atoms with van der Waals surface area (Å²) in [5.74, 6) is -0.0571. The number of aromatic nitrogens is 2. The van der Waals surface area contributed by atoms with Crippen molar-refractivity contribution in [3.8, 4) is 0 Å². The van der Waals surface area contributed by atoms with E-state index >= 15 is 0 Å². The Hall–Kier alpha value is -1.93. The predicted molar refractivity (Wildman–Crippen MR) is 87.5 cm³/mol. The number of carbonyl (C=O) groups is 2. The van der Waals surface area contributed by atoms with Crippen molar-refractivity contribution < 1.29 is 14.3 Å². The molecule has 1 aromatic rings. The molecule has 0 spiro atoms. The molecule has 8 heteroatoms. The molecule has 3 heterocycles. The summed E-state index contributed by atoms with van der Waals surface area (Å²) in [5.41, 5.74) is 0.438. The second-order valence-corrected chi connectivity index (χ2v) is 6.89. The van der Waals surface area contributed by atoms with Crippen LogP contribution in [-0.4, -0.2) is 83.1 Å². The third-order valence-electron chi connectivity index (χ3n) is 4.66. The molecule has 2 saturated heterocycles. The van der Waals surface area contributed by atoms with E-state index in [1.807, 2.05) is 7.05 Å². The maximum Gasteiger partial charge on any atom is 0.271 e. The Labute approximate surface area is 141 Å². The number of imidazole rings is 1. The van der Waals surface area contributed by atoms with E-state index < -0.39 is 0 Å². The SMILES string of the molecule is CN(C)C(=O)C[C@H]1CN2C[C@@H](NC(=O)c3cn(C)cn3)C[C@H]2CO1. The van der Waals surface area contributed by atoms with Crippen LogP contribution in [0.3, 0.4) is 0 Å². The number of aryl methyl sites for hydroxylation is 1. The Bertz CT molecular complexity index is 615. The maximum atomic E-state index is 12.2. The Morgan fingerprint density at radius 2 is 2.21 bits per heavy atom. The van der Waals surface area contributed by atoms with E-state index in [-0.39, 0.29) is 24.0 Å². The van der Waals surface area contributed by atoms with Crippen LogP contribution in [0.4, 0.5) is 0 Å². The molecule has 3 atom stereocenters. The van der Waals surface area contributed by atoms with Crippen LogP contribution in [0.1, 0.15) is 23.3 Å². The second-order valence-electron chi connectivity index (χ2n) is 6.89. The van der Waals surface area contributed by atoms with Gasteiger partial charge in [0, 0.05) is 52.5 Å². The number of hydrogen-bond acceptors (Lipinski definition) is 5. The molecule has 0 bridgehead atoms. The molecular weight excluding hydrogens is 310 g/mol. The van der Waals surface area contributed by atoms with E-state index in [2.05, 4.69) is 15.2 Å². The first-order valence-electron chi connectivity index (χ1n) is 8.27. The van der Waals surface area contributed by atoms with Crippen LogP contribution in [0.15, 0.2) is 12.5 Å². The number of morpholine rings is 1. The van der Waals surface area contributed by atoms with Crippen molar-refractivity contribution >= 4 is 11.8 Å². The number of nitrogens with zero attached hydrogens (tertiary/aromatic N) is 4. The van der Waals surface area contributed by atoms with E-state index in [0.717, 1.165) is 19.5 Å². The zero-order chi connectivity index (χ0) is 17.3. The fourth-order valence-electron chi connectivity index (χ4n) is 3.34. The van der Waals surface area contributed by atoms with Gasteiger partial charge in [-0.25, -0.2) is 4.98 Å². The van der Waals surface area contributed by atoms with E-state index in [0.29, 0.717) is 24.8 Å². The summed E-state index contributed by atoms with van der Waals surface area (Å²) >= 11 is 0. The van der Waals surface area contributed by atoms with Gasteiger partial charge in [-0.05, 0) is 6.42 Å². The lowest BCUT2D eigenvalue weighted by atomic mass is 10.1. The molecule has 2 amide bonds. The van der Waals surface area contributed by atoms with Gasteiger partial charge in [0.1, 0.15) is 5.69 Å². The zero-order valence-electron chi connectivity index (χ0n) is 14.4. The van der Waals surface area contributed by atoms with Gasteiger partial charge in [-0.2, -0.15) is 0 Å². The Balaban J connectivity index is 1.51.